The Labute approximate surface area is 199 Å². The Hall–Kier alpha value is -2.84. The van der Waals surface area contributed by atoms with Crippen LogP contribution in [-0.4, -0.2) is 31.2 Å². The maximum Gasteiger partial charge on any atom is 0.259 e. The molecule has 0 aliphatic carbocycles. The number of amides is 1. The third-order valence-electron chi connectivity index (χ3n) is 5.50. The second-order valence-corrected chi connectivity index (χ2v) is 10.0. The maximum absolute atomic E-state index is 11.1. The fourth-order valence-electron chi connectivity index (χ4n) is 3.62. The quantitative estimate of drug-likeness (QED) is 0.429. The number of nitriles is 1. The zero-order chi connectivity index (χ0) is 24.4. The van der Waals surface area contributed by atoms with E-state index >= 15 is 0 Å². The van der Waals surface area contributed by atoms with Crippen molar-refractivity contribution in [3.05, 3.63) is 47.5 Å². The van der Waals surface area contributed by atoms with Crippen molar-refractivity contribution < 1.29 is 9.53 Å². The number of carbonyl (C=O) groups excluding carboxylic acids is 1. The molecule has 5 nitrogen and oxygen atoms in total. The lowest BCUT2D eigenvalue weighted by atomic mass is 10.0. The molecule has 0 bridgehead atoms. The number of nitrogens with two attached hydrogens (primary N) is 1. The van der Waals surface area contributed by atoms with Gasteiger partial charge in [0.25, 0.3) is 5.91 Å². The molecule has 0 unspecified atom stereocenters. The lowest BCUT2D eigenvalue weighted by molar-refractivity contribution is -0.114. The van der Waals surface area contributed by atoms with Gasteiger partial charge in [-0.1, -0.05) is 32.0 Å². The molecule has 1 heterocycles. The van der Waals surface area contributed by atoms with Crippen molar-refractivity contribution in [1.82, 2.24) is 0 Å². The van der Waals surface area contributed by atoms with E-state index in [4.69, 9.17) is 15.7 Å². The smallest absolute Gasteiger partial charge is 0.259 e. The number of ether oxygens (including phenoxy) is 1. The lowest BCUT2D eigenvalue weighted by Gasteiger charge is -2.29. The van der Waals surface area contributed by atoms with Crippen LogP contribution in [0.1, 0.15) is 65.9 Å². The Balaban J connectivity index is 0.000000328. The Morgan fingerprint density at radius 2 is 1.76 bits per heavy atom. The molecule has 0 saturated carbocycles. The van der Waals surface area contributed by atoms with Crippen molar-refractivity contribution in [3.63, 3.8) is 0 Å². The molecular weight excluding hydrogens is 410 g/mol. The largest absolute Gasteiger partial charge is 0.376 e. The lowest BCUT2D eigenvalue weighted by Crippen LogP contribution is -2.29. The molecule has 1 aliphatic rings. The Bertz CT molecular complexity index is 990. The topological polar surface area (TPSA) is 79.3 Å². The average molecular weight is 450 g/mol. The van der Waals surface area contributed by atoms with Crippen molar-refractivity contribution >= 4 is 28.4 Å². The molecule has 0 radical (unpaired) electrons. The molecule has 0 atom stereocenters. The van der Waals surface area contributed by atoms with E-state index in [-0.39, 0.29) is 11.2 Å². The van der Waals surface area contributed by atoms with Crippen LogP contribution in [0.15, 0.2) is 42.0 Å². The maximum atomic E-state index is 11.1. The second-order valence-electron chi connectivity index (χ2n) is 10.0. The first kappa shape index (κ1) is 26.4. The summed E-state index contributed by atoms with van der Waals surface area (Å²) in [6, 6.07) is 14.2. The van der Waals surface area contributed by atoms with Gasteiger partial charge >= 0.3 is 0 Å². The Morgan fingerprint density at radius 1 is 1.12 bits per heavy atom. The third kappa shape index (κ3) is 9.27. The monoisotopic (exact) mass is 449 g/mol. The molecule has 1 saturated heterocycles. The van der Waals surface area contributed by atoms with Crippen LogP contribution in [0.25, 0.3) is 16.8 Å². The molecule has 178 valence electrons. The molecule has 1 fully saturated rings. The molecule has 2 aromatic carbocycles. The predicted molar refractivity (Wildman–Crippen MR) is 138 cm³/mol. The average Bonchev–Trinajstić information content (AvgIpc) is 2.76. The van der Waals surface area contributed by atoms with Crippen LogP contribution in [0.4, 0.5) is 5.69 Å². The van der Waals surface area contributed by atoms with Gasteiger partial charge in [0, 0.05) is 25.4 Å². The Kier molecular flexibility index (Phi) is 9.94. The molecule has 0 spiro atoms. The second kappa shape index (κ2) is 12.4. The molecule has 3 rings (SSSR count). The summed E-state index contributed by atoms with van der Waals surface area (Å²) in [4.78, 5) is 13.6. The van der Waals surface area contributed by atoms with E-state index in [2.05, 4.69) is 57.7 Å². The van der Waals surface area contributed by atoms with Gasteiger partial charge < -0.3 is 15.4 Å². The van der Waals surface area contributed by atoms with Crippen LogP contribution in [0.3, 0.4) is 0 Å². The summed E-state index contributed by atoms with van der Waals surface area (Å²) < 4.78 is 5.54. The van der Waals surface area contributed by atoms with Crippen LogP contribution in [0, 0.1) is 17.2 Å². The van der Waals surface area contributed by atoms with Crippen LogP contribution in [0.5, 0.6) is 0 Å². The van der Waals surface area contributed by atoms with E-state index in [1.165, 1.54) is 31.0 Å². The van der Waals surface area contributed by atoms with Crippen LogP contribution < -0.4 is 10.6 Å². The number of nitrogens with zero attached hydrogens (tertiary/aromatic N) is 2. The number of primary amides is 1. The number of fused-ring (bicyclic) bond motifs is 1. The standard InChI is InChI=1S/C19H19N3O.C9H20O/c20-13-17(19(21)23)11-14-4-5-16-12-18(7-6-15(16)10-14)22-8-2-1-3-9-22;1-8(2)6-7-10-9(3,4)5/h4-7,10-12H,1-3,8-9H2,(H2,21,23);8H,6-7H2,1-5H3/b17-11+;. The van der Waals surface area contributed by atoms with E-state index in [9.17, 15) is 4.79 Å². The van der Waals surface area contributed by atoms with Gasteiger partial charge in [-0.15, -0.1) is 0 Å². The highest BCUT2D eigenvalue weighted by Gasteiger charge is 2.11. The van der Waals surface area contributed by atoms with Crippen molar-refractivity contribution in [1.29, 1.82) is 5.26 Å². The first-order valence-corrected chi connectivity index (χ1v) is 11.9. The summed E-state index contributed by atoms with van der Waals surface area (Å²) in [5.74, 6) is 0.0513. The van der Waals surface area contributed by atoms with Crippen LogP contribution >= 0.6 is 0 Å². The van der Waals surface area contributed by atoms with Gasteiger partial charge in [-0.3, -0.25) is 4.79 Å². The minimum absolute atomic E-state index is 0.0331. The molecule has 0 aromatic heterocycles. The van der Waals surface area contributed by atoms with Gasteiger partial charge in [-0.25, -0.2) is 0 Å². The fraction of sp³-hybridized carbons (Fsp3) is 0.500. The number of carbonyl (C=O) groups is 1. The summed E-state index contributed by atoms with van der Waals surface area (Å²) in [6.07, 6.45) is 6.52. The summed E-state index contributed by atoms with van der Waals surface area (Å²) in [7, 11) is 0. The first-order chi connectivity index (χ1) is 15.6. The van der Waals surface area contributed by atoms with E-state index in [1.807, 2.05) is 24.3 Å². The zero-order valence-electron chi connectivity index (χ0n) is 20.9. The molecule has 33 heavy (non-hydrogen) atoms. The fourth-order valence-corrected chi connectivity index (χ4v) is 3.62. The molecule has 1 amide bonds. The number of hydrogen-bond donors (Lipinski definition) is 1. The molecule has 2 N–H and O–H groups in total. The highest BCUT2D eigenvalue weighted by atomic mass is 16.5. The number of rotatable bonds is 6. The van der Waals surface area contributed by atoms with Crippen LogP contribution in [0.2, 0.25) is 0 Å². The van der Waals surface area contributed by atoms with Gasteiger partial charge in [0.1, 0.15) is 11.6 Å². The van der Waals surface area contributed by atoms with Gasteiger partial charge in [0.2, 0.25) is 0 Å². The van der Waals surface area contributed by atoms with E-state index in [1.54, 1.807) is 0 Å². The Morgan fingerprint density at radius 3 is 2.33 bits per heavy atom. The van der Waals surface area contributed by atoms with E-state index in [0.717, 1.165) is 48.4 Å². The SMILES string of the molecule is CC(C)CCOC(C)(C)C.N#C/C(=C\c1ccc2cc(N3CCCCC3)ccc2c1)C(N)=O. The minimum atomic E-state index is -0.701. The van der Waals surface area contributed by atoms with E-state index in [0.29, 0.717) is 0 Å². The minimum Gasteiger partial charge on any atom is -0.376 e. The summed E-state index contributed by atoms with van der Waals surface area (Å²) in [5.41, 5.74) is 7.24. The van der Waals surface area contributed by atoms with Crippen molar-refractivity contribution in [2.24, 2.45) is 11.7 Å². The van der Waals surface area contributed by atoms with Crippen molar-refractivity contribution in [2.75, 3.05) is 24.6 Å². The summed E-state index contributed by atoms with van der Waals surface area (Å²) >= 11 is 0. The highest BCUT2D eigenvalue weighted by Crippen LogP contribution is 2.26. The normalized spacial score (nSPS) is 14.6. The number of piperidine rings is 1. The highest BCUT2D eigenvalue weighted by molar-refractivity contribution is 6.01. The van der Waals surface area contributed by atoms with Crippen molar-refractivity contribution in [2.45, 2.75) is 65.9 Å². The van der Waals surface area contributed by atoms with Gasteiger partial charge in [-0.05, 0) is 93.0 Å². The van der Waals surface area contributed by atoms with Gasteiger partial charge in [-0.2, -0.15) is 5.26 Å². The molecular formula is C28H39N3O2. The zero-order valence-corrected chi connectivity index (χ0v) is 20.9. The molecule has 1 aliphatic heterocycles. The first-order valence-electron chi connectivity index (χ1n) is 11.9. The molecule has 5 heteroatoms. The van der Waals surface area contributed by atoms with Gasteiger partial charge in [0.05, 0.1) is 5.60 Å². The number of anilines is 1. The van der Waals surface area contributed by atoms with Gasteiger partial charge in [0.15, 0.2) is 0 Å². The van der Waals surface area contributed by atoms with E-state index < -0.39 is 5.91 Å². The number of benzene rings is 2. The third-order valence-corrected chi connectivity index (χ3v) is 5.50. The predicted octanol–water partition coefficient (Wildman–Crippen LogP) is 6.07. The summed E-state index contributed by atoms with van der Waals surface area (Å²) in [6.45, 7) is 13.8. The molecule has 2 aromatic rings. The van der Waals surface area contributed by atoms with Crippen molar-refractivity contribution in [3.8, 4) is 6.07 Å². The van der Waals surface area contributed by atoms with Crippen LogP contribution in [-0.2, 0) is 9.53 Å². The summed E-state index contributed by atoms with van der Waals surface area (Å²) in [5, 5.41) is 11.2. The number of hydrogen-bond acceptors (Lipinski definition) is 4.